The summed E-state index contributed by atoms with van der Waals surface area (Å²) in [6.07, 6.45) is 1.32. The number of hydrogen-bond donors (Lipinski definition) is 0. The Hall–Kier alpha value is -2.02. The van der Waals surface area contributed by atoms with Crippen LogP contribution in [0.5, 0.6) is 0 Å². The van der Waals surface area contributed by atoms with Gasteiger partial charge in [-0.3, -0.25) is 10.1 Å². The Morgan fingerprint density at radius 1 is 1.44 bits per heavy atom. The predicted molar refractivity (Wildman–Crippen MR) is 61.7 cm³/mol. The third-order valence-electron chi connectivity index (χ3n) is 2.30. The normalized spacial score (nSPS) is 10.6. The molecule has 0 atom stereocenters. The highest BCUT2D eigenvalue weighted by molar-refractivity contribution is 6.16. The van der Waals surface area contributed by atoms with Gasteiger partial charge in [-0.05, 0) is 11.6 Å². The number of hydrogen-bond acceptors (Lipinski definition) is 4. The van der Waals surface area contributed by atoms with Crippen LogP contribution in [0, 0.1) is 15.9 Å². The van der Waals surface area contributed by atoms with Gasteiger partial charge in [0.15, 0.2) is 0 Å². The third kappa shape index (κ3) is 2.62. The molecule has 6 nitrogen and oxygen atoms in total. The second-order valence-electron chi connectivity index (χ2n) is 3.54. The molecule has 2 aromatic rings. The molecule has 0 saturated carbocycles. The Morgan fingerprint density at radius 2 is 2.22 bits per heavy atom. The molecule has 0 fully saturated rings. The second kappa shape index (κ2) is 5.09. The summed E-state index contributed by atoms with van der Waals surface area (Å²) >= 11 is 5.65. The fourth-order valence-electron chi connectivity index (χ4n) is 1.53. The maximum Gasteiger partial charge on any atom is 0.272 e. The summed E-state index contributed by atoms with van der Waals surface area (Å²) in [4.78, 5) is 13.9. The molecular weight excluding hydrogens is 263 g/mol. The summed E-state index contributed by atoms with van der Waals surface area (Å²) < 4.78 is 14.7. The number of benzene rings is 1. The highest BCUT2D eigenvalue weighted by atomic mass is 35.5. The fourth-order valence-corrected chi connectivity index (χ4v) is 1.73. The highest BCUT2D eigenvalue weighted by Gasteiger charge is 2.11. The molecule has 8 heteroatoms. The highest BCUT2D eigenvalue weighted by Crippen LogP contribution is 2.17. The van der Waals surface area contributed by atoms with Gasteiger partial charge in [-0.15, -0.1) is 11.6 Å². The molecule has 94 valence electrons. The van der Waals surface area contributed by atoms with Gasteiger partial charge in [0, 0.05) is 6.07 Å². The Bertz CT molecular complexity index is 587. The minimum atomic E-state index is -0.660. The molecule has 0 unspecified atom stereocenters. The average Bonchev–Trinajstić information content (AvgIpc) is 2.75. The molecule has 1 heterocycles. The van der Waals surface area contributed by atoms with Crippen LogP contribution < -0.4 is 0 Å². The van der Waals surface area contributed by atoms with Gasteiger partial charge in [0.05, 0.1) is 23.4 Å². The van der Waals surface area contributed by atoms with Crippen LogP contribution in [0.15, 0.2) is 24.5 Å². The van der Waals surface area contributed by atoms with Crippen molar-refractivity contribution in [1.82, 2.24) is 14.8 Å². The summed E-state index contributed by atoms with van der Waals surface area (Å²) in [6, 6.07) is 3.38. The van der Waals surface area contributed by atoms with E-state index in [9.17, 15) is 14.5 Å². The number of nitro benzene ring substituents is 1. The topological polar surface area (TPSA) is 73.8 Å². The van der Waals surface area contributed by atoms with E-state index in [1.807, 2.05) is 0 Å². The van der Waals surface area contributed by atoms with Gasteiger partial charge in [-0.2, -0.15) is 5.10 Å². The van der Waals surface area contributed by atoms with Crippen molar-refractivity contribution in [3.05, 3.63) is 51.8 Å². The van der Waals surface area contributed by atoms with Gasteiger partial charge in [-0.1, -0.05) is 0 Å². The number of nitrogens with zero attached hydrogens (tertiary/aromatic N) is 4. The summed E-state index contributed by atoms with van der Waals surface area (Å²) in [5.41, 5.74) is 0.135. The van der Waals surface area contributed by atoms with E-state index in [4.69, 9.17) is 11.6 Å². The number of non-ortho nitro benzene ring substituents is 1. The SMILES string of the molecule is O=[N+]([O-])c1cc(F)cc(Cn2ncnc2CCl)c1. The van der Waals surface area contributed by atoms with Crippen LogP contribution in [-0.2, 0) is 12.4 Å². The number of nitro groups is 1. The van der Waals surface area contributed by atoms with E-state index in [0.717, 1.165) is 6.07 Å². The van der Waals surface area contributed by atoms with Gasteiger partial charge in [0.1, 0.15) is 18.0 Å². The van der Waals surface area contributed by atoms with Crippen molar-refractivity contribution >= 4 is 17.3 Å². The molecule has 0 radical (unpaired) electrons. The van der Waals surface area contributed by atoms with Crippen molar-refractivity contribution in [2.24, 2.45) is 0 Å². The molecule has 0 saturated heterocycles. The Morgan fingerprint density at radius 3 is 2.89 bits per heavy atom. The van der Waals surface area contributed by atoms with Crippen LogP contribution in [0.3, 0.4) is 0 Å². The lowest BCUT2D eigenvalue weighted by Crippen LogP contribution is -2.06. The van der Waals surface area contributed by atoms with Crippen molar-refractivity contribution in [3.8, 4) is 0 Å². The number of halogens is 2. The van der Waals surface area contributed by atoms with Gasteiger partial charge in [0.25, 0.3) is 5.69 Å². The molecule has 1 aromatic heterocycles. The maximum atomic E-state index is 13.2. The zero-order valence-electron chi connectivity index (χ0n) is 9.08. The lowest BCUT2D eigenvalue weighted by molar-refractivity contribution is -0.385. The van der Waals surface area contributed by atoms with E-state index >= 15 is 0 Å². The Labute approximate surface area is 106 Å². The van der Waals surface area contributed by atoms with Crippen LogP contribution in [0.1, 0.15) is 11.4 Å². The zero-order chi connectivity index (χ0) is 13.1. The van der Waals surface area contributed by atoms with Crippen LogP contribution >= 0.6 is 11.6 Å². The van der Waals surface area contributed by atoms with Gasteiger partial charge in [-0.25, -0.2) is 14.1 Å². The third-order valence-corrected chi connectivity index (χ3v) is 2.54. The lowest BCUT2D eigenvalue weighted by atomic mass is 10.2. The Kier molecular flexibility index (Phi) is 3.52. The molecule has 0 aliphatic carbocycles. The average molecular weight is 271 g/mol. The lowest BCUT2D eigenvalue weighted by Gasteiger charge is -2.04. The molecule has 2 rings (SSSR count). The summed E-state index contributed by atoms with van der Waals surface area (Å²) in [6.45, 7) is 0.181. The molecule has 18 heavy (non-hydrogen) atoms. The largest absolute Gasteiger partial charge is 0.272 e. The minimum absolute atomic E-state index is 0.164. The first-order chi connectivity index (χ1) is 8.60. The molecule has 1 aromatic carbocycles. The molecule has 0 aliphatic heterocycles. The molecule has 0 amide bonds. The quantitative estimate of drug-likeness (QED) is 0.484. The molecule has 0 N–H and O–H groups in total. The first-order valence-corrected chi connectivity index (χ1v) is 5.50. The first-order valence-electron chi connectivity index (χ1n) is 4.96. The minimum Gasteiger partial charge on any atom is -0.258 e. The van der Waals surface area contributed by atoms with E-state index in [2.05, 4.69) is 10.1 Å². The number of aromatic nitrogens is 3. The van der Waals surface area contributed by atoms with Gasteiger partial charge >= 0.3 is 0 Å². The van der Waals surface area contributed by atoms with Crippen LogP contribution in [-0.4, -0.2) is 19.7 Å². The van der Waals surface area contributed by atoms with Gasteiger partial charge in [0.2, 0.25) is 0 Å². The van der Waals surface area contributed by atoms with E-state index in [-0.39, 0.29) is 18.1 Å². The van der Waals surface area contributed by atoms with E-state index in [0.29, 0.717) is 11.4 Å². The Balaban J connectivity index is 2.32. The van der Waals surface area contributed by atoms with Crippen LogP contribution in [0.4, 0.5) is 10.1 Å². The summed E-state index contributed by atoms with van der Waals surface area (Å²) in [5, 5.41) is 14.5. The van der Waals surface area contributed by atoms with E-state index in [1.165, 1.54) is 23.1 Å². The zero-order valence-corrected chi connectivity index (χ0v) is 9.84. The van der Waals surface area contributed by atoms with Crippen molar-refractivity contribution < 1.29 is 9.31 Å². The molecule has 0 spiro atoms. The molecular formula is C10H8ClFN4O2. The van der Waals surface area contributed by atoms with Crippen molar-refractivity contribution in [2.45, 2.75) is 12.4 Å². The van der Waals surface area contributed by atoms with Crippen molar-refractivity contribution in [1.29, 1.82) is 0 Å². The molecule has 0 aliphatic rings. The fraction of sp³-hybridized carbons (Fsp3) is 0.200. The predicted octanol–water partition coefficient (Wildman–Crippen LogP) is 2.11. The summed E-state index contributed by atoms with van der Waals surface area (Å²) in [5.74, 6) is 0.0209. The van der Waals surface area contributed by atoms with E-state index < -0.39 is 10.7 Å². The molecule has 0 bridgehead atoms. The number of rotatable bonds is 4. The van der Waals surface area contributed by atoms with Crippen molar-refractivity contribution in [3.63, 3.8) is 0 Å². The van der Waals surface area contributed by atoms with Crippen LogP contribution in [0.25, 0.3) is 0 Å². The maximum absolute atomic E-state index is 13.2. The summed E-state index contributed by atoms with van der Waals surface area (Å²) in [7, 11) is 0. The monoisotopic (exact) mass is 270 g/mol. The van der Waals surface area contributed by atoms with Crippen LogP contribution in [0.2, 0.25) is 0 Å². The van der Waals surface area contributed by atoms with Crippen molar-refractivity contribution in [2.75, 3.05) is 0 Å². The smallest absolute Gasteiger partial charge is 0.258 e. The standard InChI is InChI=1S/C10H8ClFN4O2/c11-4-10-13-6-14-15(10)5-7-1-8(12)3-9(2-7)16(17)18/h1-3,6H,4-5H2. The van der Waals surface area contributed by atoms with Gasteiger partial charge < -0.3 is 0 Å². The second-order valence-corrected chi connectivity index (χ2v) is 3.81. The number of alkyl halides is 1. The first kappa shape index (κ1) is 12.4. The van der Waals surface area contributed by atoms with E-state index in [1.54, 1.807) is 0 Å².